The van der Waals surface area contributed by atoms with Crippen molar-refractivity contribution in [3.05, 3.63) is 98.5 Å². The van der Waals surface area contributed by atoms with Crippen LogP contribution in [0.3, 0.4) is 0 Å². The molecule has 6 rings (SSSR count). The molecule has 2 aromatic carbocycles. The van der Waals surface area contributed by atoms with E-state index >= 15 is 0 Å². The number of Topliss-reactive ketones (excluding diaryl/α,β-unsaturated/α-hetero) is 1. The molecule has 1 atom stereocenters. The van der Waals surface area contributed by atoms with Gasteiger partial charge in [-0.1, -0.05) is 17.7 Å². The number of hydrogen-bond acceptors (Lipinski definition) is 7. The van der Waals surface area contributed by atoms with Crippen LogP contribution in [0.25, 0.3) is 5.82 Å². The molecule has 0 bridgehead atoms. The van der Waals surface area contributed by atoms with Crippen LogP contribution in [0.15, 0.2) is 77.8 Å². The normalized spacial score (nSPS) is 18.6. The molecule has 10 heteroatoms. The fourth-order valence-electron chi connectivity index (χ4n) is 5.25. The molecule has 0 radical (unpaired) electrons. The molecule has 3 aliphatic rings. The zero-order valence-electron chi connectivity index (χ0n) is 19.4. The van der Waals surface area contributed by atoms with Gasteiger partial charge in [-0.15, -0.1) is 0 Å². The van der Waals surface area contributed by atoms with Crippen LogP contribution in [0.1, 0.15) is 30.7 Å². The smallest absolute Gasteiger partial charge is 0.271 e. The number of hydrogen-bond donors (Lipinski definition) is 0. The van der Waals surface area contributed by atoms with Crippen molar-refractivity contribution in [3.63, 3.8) is 0 Å². The molecule has 0 spiro atoms. The average Bonchev–Trinajstić information content (AvgIpc) is 3.59. The van der Waals surface area contributed by atoms with Crippen molar-refractivity contribution < 1.29 is 19.2 Å². The van der Waals surface area contributed by atoms with Crippen LogP contribution in [0.2, 0.25) is 5.02 Å². The summed E-state index contributed by atoms with van der Waals surface area (Å²) in [4.78, 5) is 26.1. The van der Waals surface area contributed by atoms with Gasteiger partial charge in [-0.3, -0.25) is 19.8 Å². The van der Waals surface area contributed by atoms with Crippen LogP contribution in [0, 0.1) is 21.4 Å². The molecule has 3 aromatic rings. The first-order valence-electron chi connectivity index (χ1n) is 11.7. The minimum atomic E-state index is -0.632. The average molecular weight is 515 g/mol. The highest BCUT2D eigenvalue weighted by Gasteiger charge is 2.42. The predicted molar refractivity (Wildman–Crippen MR) is 135 cm³/mol. The lowest BCUT2D eigenvalue weighted by Gasteiger charge is -2.41. The molecule has 0 saturated carbocycles. The molecule has 37 heavy (non-hydrogen) atoms. The standard InChI is InChI=1S/C27H19ClN4O5/c28-19-13-17(32(34)35)7-8-20(19)31-21-4-3-5-22(33)26(21)25(16-6-9-23-24(12-16)37-15-36-23)18(14-29)27(31)30-10-1-2-11-30/h1-2,6-13,25H,3-5,15H2/t25-/m0/s1. The fraction of sp³-hybridized carbons (Fsp3) is 0.185. The van der Waals surface area contributed by atoms with E-state index in [4.69, 9.17) is 21.1 Å². The molecule has 9 nitrogen and oxygen atoms in total. The number of rotatable bonds is 4. The first-order valence-corrected chi connectivity index (χ1v) is 12.0. The summed E-state index contributed by atoms with van der Waals surface area (Å²) in [7, 11) is 0. The summed E-state index contributed by atoms with van der Waals surface area (Å²) in [6, 6.07) is 15.7. The zero-order chi connectivity index (χ0) is 25.7. The zero-order valence-corrected chi connectivity index (χ0v) is 20.1. The fourth-order valence-corrected chi connectivity index (χ4v) is 5.51. The maximum Gasteiger partial charge on any atom is 0.271 e. The number of ether oxygens (including phenoxy) is 2. The molecule has 1 aromatic heterocycles. The second-order valence-electron chi connectivity index (χ2n) is 8.85. The number of benzene rings is 2. The van der Waals surface area contributed by atoms with E-state index in [0.717, 1.165) is 11.3 Å². The van der Waals surface area contributed by atoms with Crippen LogP contribution < -0.4 is 14.4 Å². The van der Waals surface area contributed by atoms with E-state index < -0.39 is 10.8 Å². The first kappa shape index (κ1) is 22.9. The van der Waals surface area contributed by atoms with E-state index in [1.165, 1.54) is 12.1 Å². The minimum Gasteiger partial charge on any atom is -0.454 e. The Balaban J connectivity index is 1.64. The van der Waals surface area contributed by atoms with Crippen LogP contribution >= 0.6 is 11.6 Å². The van der Waals surface area contributed by atoms with Crippen molar-refractivity contribution >= 4 is 34.6 Å². The number of nitrogens with zero attached hydrogens (tertiary/aromatic N) is 4. The van der Waals surface area contributed by atoms with Gasteiger partial charge in [-0.05, 0) is 48.7 Å². The molecule has 184 valence electrons. The summed E-state index contributed by atoms with van der Waals surface area (Å²) in [5.74, 6) is 0.998. The third-order valence-corrected chi connectivity index (χ3v) is 7.11. The predicted octanol–water partition coefficient (Wildman–Crippen LogP) is 5.78. The monoisotopic (exact) mass is 514 g/mol. The number of fused-ring (bicyclic) bond motifs is 1. The van der Waals surface area contributed by atoms with Gasteiger partial charge in [0.05, 0.1) is 33.2 Å². The van der Waals surface area contributed by atoms with Gasteiger partial charge in [0.2, 0.25) is 6.79 Å². The van der Waals surface area contributed by atoms with E-state index in [9.17, 15) is 20.2 Å². The Morgan fingerprint density at radius 1 is 1.08 bits per heavy atom. The molecule has 3 heterocycles. The van der Waals surface area contributed by atoms with E-state index in [2.05, 4.69) is 6.07 Å². The van der Waals surface area contributed by atoms with Gasteiger partial charge in [-0.2, -0.15) is 5.26 Å². The van der Waals surface area contributed by atoms with Gasteiger partial charge >= 0.3 is 0 Å². The number of nitriles is 1. The topological polar surface area (TPSA) is 111 Å². The minimum absolute atomic E-state index is 0.0498. The van der Waals surface area contributed by atoms with E-state index in [1.54, 1.807) is 21.6 Å². The summed E-state index contributed by atoms with van der Waals surface area (Å²) in [5.41, 5.74) is 2.63. The third-order valence-electron chi connectivity index (χ3n) is 6.81. The number of carbonyl (C=O) groups excluding carboxylic acids is 1. The maximum atomic E-state index is 13.5. The molecule has 0 unspecified atom stereocenters. The van der Waals surface area contributed by atoms with Crippen molar-refractivity contribution in [3.8, 4) is 17.6 Å². The van der Waals surface area contributed by atoms with Gasteiger partial charge in [0, 0.05) is 42.2 Å². The molecular weight excluding hydrogens is 496 g/mol. The number of non-ortho nitro benzene ring substituents is 1. The largest absolute Gasteiger partial charge is 0.454 e. The van der Waals surface area contributed by atoms with Crippen molar-refractivity contribution in [2.45, 2.75) is 25.2 Å². The Morgan fingerprint density at radius 2 is 1.86 bits per heavy atom. The van der Waals surface area contributed by atoms with E-state index in [-0.39, 0.29) is 23.3 Å². The molecule has 0 saturated heterocycles. The van der Waals surface area contributed by atoms with E-state index in [1.807, 2.05) is 36.7 Å². The van der Waals surface area contributed by atoms with Crippen molar-refractivity contribution in [2.24, 2.45) is 0 Å². The highest BCUT2D eigenvalue weighted by Crippen LogP contribution is 2.51. The van der Waals surface area contributed by atoms with Crippen LogP contribution in [-0.2, 0) is 4.79 Å². The second-order valence-corrected chi connectivity index (χ2v) is 9.26. The number of ketones is 1. The Morgan fingerprint density at radius 3 is 2.59 bits per heavy atom. The summed E-state index contributed by atoms with van der Waals surface area (Å²) in [6.07, 6.45) is 5.18. The summed E-state index contributed by atoms with van der Waals surface area (Å²) in [6.45, 7) is 0.109. The van der Waals surface area contributed by atoms with Crippen LogP contribution in [0.4, 0.5) is 11.4 Å². The van der Waals surface area contributed by atoms with Gasteiger partial charge in [-0.25, -0.2) is 0 Å². The summed E-state index contributed by atoms with van der Waals surface area (Å²) in [5, 5.41) is 22.0. The lowest BCUT2D eigenvalue weighted by Crippen LogP contribution is -2.36. The number of anilines is 1. The number of nitro benzene ring substituents is 1. The number of carbonyl (C=O) groups is 1. The molecule has 1 aliphatic carbocycles. The Hall–Kier alpha value is -4.55. The van der Waals surface area contributed by atoms with Gasteiger partial charge in [0.15, 0.2) is 17.3 Å². The number of halogens is 1. The van der Waals surface area contributed by atoms with Crippen LogP contribution in [0.5, 0.6) is 11.5 Å². The number of nitro groups is 1. The highest BCUT2D eigenvalue weighted by molar-refractivity contribution is 6.34. The SMILES string of the molecule is N#CC1=C(n2cccc2)N(c2ccc([N+](=O)[O-])cc2Cl)C2=C(C(=O)CCC2)[C@H]1c1ccc2c(c1)OCO2. The number of allylic oxidation sites excluding steroid dienone is 3. The summed E-state index contributed by atoms with van der Waals surface area (Å²) < 4.78 is 12.9. The van der Waals surface area contributed by atoms with E-state index in [0.29, 0.717) is 53.4 Å². The van der Waals surface area contributed by atoms with Crippen molar-refractivity contribution in [2.75, 3.05) is 11.7 Å². The van der Waals surface area contributed by atoms with Gasteiger partial charge < -0.3 is 14.0 Å². The van der Waals surface area contributed by atoms with Crippen molar-refractivity contribution in [1.29, 1.82) is 5.26 Å². The lowest BCUT2D eigenvalue weighted by atomic mass is 9.75. The lowest BCUT2D eigenvalue weighted by molar-refractivity contribution is -0.384. The highest BCUT2D eigenvalue weighted by atomic mass is 35.5. The number of aromatic nitrogens is 1. The maximum absolute atomic E-state index is 13.5. The Labute approximate surface area is 216 Å². The van der Waals surface area contributed by atoms with Gasteiger partial charge in [0.1, 0.15) is 5.82 Å². The van der Waals surface area contributed by atoms with Crippen LogP contribution in [-0.4, -0.2) is 22.1 Å². The molecular formula is C27H19ClN4O5. The first-order chi connectivity index (χ1) is 18.0. The third kappa shape index (κ3) is 3.65. The second kappa shape index (κ2) is 8.84. The summed E-state index contributed by atoms with van der Waals surface area (Å²) >= 11 is 6.61. The molecule has 0 fully saturated rings. The Kier molecular flexibility index (Phi) is 5.46. The molecule has 0 N–H and O–H groups in total. The van der Waals surface area contributed by atoms with Crippen molar-refractivity contribution in [1.82, 2.24) is 4.57 Å². The Bertz CT molecular complexity index is 1570. The quantitative estimate of drug-likeness (QED) is 0.320. The molecule has 0 amide bonds. The molecule has 2 aliphatic heterocycles. The van der Waals surface area contributed by atoms with Gasteiger partial charge in [0.25, 0.3) is 5.69 Å².